The molecule has 1 aromatic rings. The van der Waals surface area contributed by atoms with Crippen molar-refractivity contribution in [2.45, 2.75) is 51.4 Å². The van der Waals surface area contributed by atoms with Crippen LogP contribution in [0.15, 0.2) is 24.3 Å². The van der Waals surface area contributed by atoms with Crippen LogP contribution in [0.3, 0.4) is 0 Å². The van der Waals surface area contributed by atoms with E-state index in [0.29, 0.717) is 0 Å². The fourth-order valence-corrected chi connectivity index (χ4v) is 2.35. The smallest absolute Gasteiger partial charge is 0.0778 e. The van der Waals surface area contributed by atoms with Crippen LogP contribution in [0.2, 0.25) is 0 Å². The van der Waals surface area contributed by atoms with Gasteiger partial charge >= 0.3 is 0 Å². The first-order valence-electron chi connectivity index (χ1n) is 5.98. The minimum atomic E-state index is -0.116. The zero-order chi connectivity index (χ0) is 11.8. The Morgan fingerprint density at radius 2 is 1.94 bits per heavy atom. The third-order valence-corrected chi connectivity index (χ3v) is 3.02. The second-order valence-corrected chi connectivity index (χ2v) is 5.53. The van der Waals surface area contributed by atoms with Crippen molar-refractivity contribution in [1.82, 2.24) is 0 Å². The Balaban J connectivity index is 2.18. The Hall–Kier alpha value is -0.860. The molecule has 2 N–H and O–H groups in total. The van der Waals surface area contributed by atoms with Gasteiger partial charge in [-0.15, -0.1) is 0 Å². The summed E-state index contributed by atoms with van der Waals surface area (Å²) < 4.78 is 6.02. The molecule has 1 aliphatic carbocycles. The molecule has 1 aromatic carbocycles. The monoisotopic (exact) mass is 219 g/mol. The largest absolute Gasteiger partial charge is 0.371 e. The van der Waals surface area contributed by atoms with Gasteiger partial charge in [-0.25, -0.2) is 0 Å². The van der Waals surface area contributed by atoms with E-state index in [2.05, 4.69) is 45.0 Å². The topological polar surface area (TPSA) is 35.2 Å². The first-order valence-corrected chi connectivity index (χ1v) is 5.98. The Morgan fingerprint density at radius 3 is 2.62 bits per heavy atom. The lowest BCUT2D eigenvalue weighted by atomic mass is 9.86. The quantitative estimate of drug-likeness (QED) is 0.788. The van der Waals surface area contributed by atoms with Crippen molar-refractivity contribution in [3.63, 3.8) is 0 Å². The Bertz CT molecular complexity index is 367. The lowest BCUT2D eigenvalue weighted by Crippen LogP contribution is -2.38. The van der Waals surface area contributed by atoms with Crippen LogP contribution in [0.25, 0.3) is 0 Å². The molecule has 1 aliphatic rings. The van der Waals surface area contributed by atoms with E-state index in [1.165, 1.54) is 11.1 Å². The molecule has 2 atom stereocenters. The number of nitrogens with two attached hydrogens (primary N) is 1. The first-order chi connectivity index (χ1) is 7.47. The third-order valence-electron chi connectivity index (χ3n) is 3.02. The van der Waals surface area contributed by atoms with Crippen LogP contribution in [0.5, 0.6) is 0 Å². The van der Waals surface area contributed by atoms with E-state index >= 15 is 0 Å². The third kappa shape index (κ3) is 2.45. The molecule has 0 fully saturated rings. The SMILES string of the molecule is CC(C)(C)OC1CCc2ccccc2C1N. The maximum absolute atomic E-state index is 6.27. The molecule has 0 amide bonds. The Morgan fingerprint density at radius 1 is 1.25 bits per heavy atom. The van der Waals surface area contributed by atoms with E-state index in [0.717, 1.165) is 12.8 Å². The summed E-state index contributed by atoms with van der Waals surface area (Å²) in [6.45, 7) is 6.25. The molecule has 88 valence electrons. The molecule has 0 aliphatic heterocycles. The predicted octanol–water partition coefficient (Wildman–Crippen LogP) is 2.82. The second-order valence-electron chi connectivity index (χ2n) is 5.53. The summed E-state index contributed by atoms with van der Waals surface area (Å²) in [7, 11) is 0. The highest BCUT2D eigenvalue weighted by atomic mass is 16.5. The van der Waals surface area contributed by atoms with Crippen molar-refractivity contribution in [2.24, 2.45) is 5.73 Å². The maximum Gasteiger partial charge on any atom is 0.0778 e. The summed E-state index contributed by atoms with van der Waals surface area (Å²) in [6.07, 6.45) is 2.25. The van der Waals surface area contributed by atoms with E-state index in [1.807, 2.05) is 0 Å². The van der Waals surface area contributed by atoms with Crippen molar-refractivity contribution in [3.05, 3.63) is 35.4 Å². The van der Waals surface area contributed by atoms with Crippen LogP contribution in [-0.2, 0) is 11.2 Å². The normalized spacial score (nSPS) is 25.2. The lowest BCUT2D eigenvalue weighted by molar-refractivity contribution is -0.0763. The number of benzene rings is 1. The van der Waals surface area contributed by atoms with Gasteiger partial charge in [-0.2, -0.15) is 0 Å². The van der Waals surface area contributed by atoms with Gasteiger partial charge in [-0.1, -0.05) is 24.3 Å². The highest BCUT2D eigenvalue weighted by Crippen LogP contribution is 2.32. The highest BCUT2D eigenvalue weighted by Gasteiger charge is 2.30. The van der Waals surface area contributed by atoms with Gasteiger partial charge in [0.15, 0.2) is 0 Å². The minimum Gasteiger partial charge on any atom is -0.371 e. The molecule has 2 rings (SSSR count). The fourth-order valence-electron chi connectivity index (χ4n) is 2.35. The molecule has 0 saturated heterocycles. The fraction of sp³-hybridized carbons (Fsp3) is 0.571. The average molecular weight is 219 g/mol. The molecule has 16 heavy (non-hydrogen) atoms. The molecule has 2 nitrogen and oxygen atoms in total. The predicted molar refractivity (Wildman–Crippen MR) is 66.3 cm³/mol. The molecule has 2 heteroatoms. The zero-order valence-electron chi connectivity index (χ0n) is 10.4. The highest BCUT2D eigenvalue weighted by molar-refractivity contribution is 5.33. The number of hydrogen-bond acceptors (Lipinski definition) is 2. The van der Waals surface area contributed by atoms with Crippen LogP contribution in [0.4, 0.5) is 0 Å². The number of fused-ring (bicyclic) bond motifs is 1. The second kappa shape index (κ2) is 4.19. The number of aryl methyl sites for hydroxylation is 1. The van der Waals surface area contributed by atoms with E-state index in [-0.39, 0.29) is 17.7 Å². The van der Waals surface area contributed by atoms with Crippen molar-refractivity contribution < 1.29 is 4.74 Å². The zero-order valence-corrected chi connectivity index (χ0v) is 10.4. The van der Waals surface area contributed by atoms with Crippen molar-refractivity contribution >= 4 is 0 Å². The van der Waals surface area contributed by atoms with Crippen LogP contribution >= 0.6 is 0 Å². The van der Waals surface area contributed by atoms with Gasteiger partial charge < -0.3 is 10.5 Å². The molecule has 2 unspecified atom stereocenters. The van der Waals surface area contributed by atoms with E-state index in [4.69, 9.17) is 10.5 Å². The van der Waals surface area contributed by atoms with Gasteiger partial charge in [-0.05, 0) is 44.7 Å². The van der Waals surface area contributed by atoms with Gasteiger partial charge in [-0.3, -0.25) is 0 Å². The van der Waals surface area contributed by atoms with Gasteiger partial charge in [0.2, 0.25) is 0 Å². The van der Waals surface area contributed by atoms with E-state index in [9.17, 15) is 0 Å². The molecule has 0 spiro atoms. The van der Waals surface area contributed by atoms with Crippen LogP contribution in [0, 0.1) is 0 Å². The molecule has 0 saturated carbocycles. The first kappa shape index (κ1) is 11.6. The number of ether oxygens (including phenoxy) is 1. The maximum atomic E-state index is 6.27. The molecular weight excluding hydrogens is 198 g/mol. The van der Waals surface area contributed by atoms with Gasteiger partial charge in [0.05, 0.1) is 17.7 Å². The van der Waals surface area contributed by atoms with Gasteiger partial charge in [0.1, 0.15) is 0 Å². The Kier molecular flexibility index (Phi) is 3.04. The van der Waals surface area contributed by atoms with E-state index < -0.39 is 0 Å². The van der Waals surface area contributed by atoms with Crippen LogP contribution in [0.1, 0.15) is 44.4 Å². The number of rotatable bonds is 1. The molecular formula is C14H21NO. The lowest BCUT2D eigenvalue weighted by Gasteiger charge is -2.35. The summed E-state index contributed by atoms with van der Waals surface area (Å²) in [6, 6.07) is 8.44. The summed E-state index contributed by atoms with van der Waals surface area (Å²) in [5.41, 5.74) is 8.79. The minimum absolute atomic E-state index is 0.0178. The molecule has 0 heterocycles. The summed E-state index contributed by atoms with van der Waals surface area (Å²) in [4.78, 5) is 0. The van der Waals surface area contributed by atoms with Crippen molar-refractivity contribution in [3.8, 4) is 0 Å². The molecule has 0 aromatic heterocycles. The standard InChI is InChI=1S/C14H21NO/c1-14(2,3)16-12-9-8-10-6-4-5-7-11(10)13(12)15/h4-7,12-13H,8-9,15H2,1-3H3. The van der Waals surface area contributed by atoms with Crippen molar-refractivity contribution in [2.75, 3.05) is 0 Å². The average Bonchev–Trinajstić information content (AvgIpc) is 2.21. The van der Waals surface area contributed by atoms with Crippen LogP contribution in [-0.4, -0.2) is 11.7 Å². The summed E-state index contributed by atoms with van der Waals surface area (Å²) in [5, 5.41) is 0. The van der Waals surface area contributed by atoms with E-state index in [1.54, 1.807) is 0 Å². The summed E-state index contributed by atoms with van der Waals surface area (Å²) in [5.74, 6) is 0. The molecule has 0 radical (unpaired) electrons. The Labute approximate surface area is 97.8 Å². The molecule has 0 bridgehead atoms. The van der Waals surface area contributed by atoms with Crippen molar-refractivity contribution in [1.29, 1.82) is 0 Å². The number of hydrogen-bond donors (Lipinski definition) is 1. The van der Waals surface area contributed by atoms with Gasteiger partial charge in [0, 0.05) is 0 Å². The van der Waals surface area contributed by atoms with Gasteiger partial charge in [0.25, 0.3) is 0 Å². The van der Waals surface area contributed by atoms with Crippen LogP contribution < -0.4 is 5.73 Å². The summed E-state index contributed by atoms with van der Waals surface area (Å²) >= 11 is 0.